The van der Waals surface area contributed by atoms with Gasteiger partial charge in [-0.15, -0.1) is 0 Å². The first-order valence-electron chi connectivity index (χ1n) is 7.09. The first kappa shape index (κ1) is 18.9. The molecule has 1 unspecified atom stereocenters. The Hall–Kier alpha value is -2.16. The molecule has 1 fully saturated rings. The maximum atomic E-state index is 11.5. The molecular formula is C14H20O9. The molecule has 9 heteroatoms. The van der Waals surface area contributed by atoms with E-state index in [1.165, 1.54) is 13.8 Å². The molecule has 0 amide bonds. The average molecular weight is 332 g/mol. The van der Waals surface area contributed by atoms with Crippen LogP contribution in [-0.4, -0.2) is 48.7 Å². The summed E-state index contributed by atoms with van der Waals surface area (Å²) in [6, 6.07) is 0. The molecule has 4 atom stereocenters. The second-order valence-electron chi connectivity index (χ2n) is 4.86. The molecule has 0 aliphatic carbocycles. The van der Waals surface area contributed by atoms with E-state index >= 15 is 0 Å². The van der Waals surface area contributed by atoms with Crippen molar-refractivity contribution in [2.24, 2.45) is 0 Å². The van der Waals surface area contributed by atoms with Gasteiger partial charge in [-0.05, 0) is 0 Å². The second-order valence-corrected chi connectivity index (χ2v) is 4.86. The molecule has 0 saturated carbocycles. The van der Waals surface area contributed by atoms with E-state index in [1.807, 2.05) is 0 Å². The summed E-state index contributed by atoms with van der Waals surface area (Å²) in [5.41, 5.74) is 0. The zero-order valence-corrected chi connectivity index (χ0v) is 13.4. The first-order chi connectivity index (χ1) is 10.7. The highest BCUT2D eigenvalue weighted by atomic mass is 16.8. The Morgan fingerprint density at radius 1 is 0.826 bits per heavy atom. The van der Waals surface area contributed by atoms with E-state index in [-0.39, 0.29) is 12.8 Å². The number of ether oxygens (including phenoxy) is 5. The highest BCUT2D eigenvalue weighted by Crippen LogP contribution is 2.27. The van der Waals surface area contributed by atoms with Crippen molar-refractivity contribution in [1.82, 2.24) is 0 Å². The van der Waals surface area contributed by atoms with Crippen LogP contribution in [0.15, 0.2) is 0 Å². The summed E-state index contributed by atoms with van der Waals surface area (Å²) in [4.78, 5) is 45.0. The van der Waals surface area contributed by atoms with Crippen molar-refractivity contribution in [2.45, 2.75) is 65.3 Å². The highest BCUT2D eigenvalue weighted by molar-refractivity contribution is 5.69. The molecule has 130 valence electrons. The zero-order chi connectivity index (χ0) is 17.6. The molecule has 0 bridgehead atoms. The lowest BCUT2D eigenvalue weighted by Crippen LogP contribution is -2.53. The Bertz CT molecular complexity index is 473. The fourth-order valence-electron chi connectivity index (χ4n) is 1.98. The summed E-state index contributed by atoms with van der Waals surface area (Å²) in [7, 11) is 0. The maximum absolute atomic E-state index is 11.5. The molecule has 0 aromatic rings. The number of rotatable bonds is 5. The number of esters is 4. The maximum Gasteiger partial charge on any atom is 0.307 e. The van der Waals surface area contributed by atoms with Crippen LogP contribution in [0.2, 0.25) is 0 Å². The average Bonchev–Trinajstić information content (AvgIpc) is 2.41. The van der Waals surface area contributed by atoms with Gasteiger partial charge in [0.2, 0.25) is 12.6 Å². The van der Waals surface area contributed by atoms with Crippen LogP contribution in [-0.2, 0) is 42.9 Å². The van der Waals surface area contributed by atoms with E-state index < -0.39 is 48.7 Å². The highest BCUT2D eigenvalue weighted by Gasteiger charge is 2.45. The summed E-state index contributed by atoms with van der Waals surface area (Å²) >= 11 is 0. The Morgan fingerprint density at radius 3 is 1.65 bits per heavy atom. The van der Waals surface area contributed by atoms with E-state index in [9.17, 15) is 19.2 Å². The van der Waals surface area contributed by atoms with Crippen LogP contribution in [0.5, 0.6) is 0 Å². The molecule has 0 aromatic carbocycles. The minimum absolute atomic E-state index is 0.0429. The summed E-state index contributed by atoms with van der Waals surface area (Å²) in [5, 5.41) is 0. The van der Waals surface area contributed by atoms with Crippen molar-refractivity contribution >= 4 is 23.9 Å². The SMILES string of the molecule is CCC(=O)O[C@H]1OC(OC(C)=O)[C@H](OC(C)=O)C[C@H]1OC(C)=O. The van der Waals surface area contributed by atoms with Gasteiger partial charge in [0.25, 0.3) is 0 Å². The van der Waals surface area contributed by atoms with E-state index in [4.69, 9.17) is 23.7 Å². The normalized spacial score (nSPS) is 26.8. The lowest BCUT2D eigenvalue weighted by atomic mass is 10.1. The zero-order valence-electron chi connectivity index (χ0n) is 13.4. The Labute approximate surface area is 133 Å². The Kier molecular flexibility index (Phi) is 6.95. The summed E-state index contributed by atoms with van der Waals surface area (Å²) < 4.78 is 25.4. The lowest BCUT2D eigenvalue weighted by Gasteiger charge is -2.38. The van der Waals surface area contributed by atoms with Crippen molar-refractivity contribution in [3.63, 3.8) is 0 Å². The van der Waals surface area contributed by atoms with Crippen molar-refractivity contribution in [2.75, 3.05) is 0 Å². The van der Waals surface area contributed by atoms with Gasteiger partial charge in [-0.25, -0.2) is 0 Å². The van der Waals surface area contributed by atoms with Crippen LogP contribution >= 0.6 is 0 Å². The van der Waals surface area contributed by atoms with Crippen LogP contribution in [0.1, 0.15) is 40.5 Å². The number of hydrogen-bond acceptors (Lipinski definition) is 9. The van der Waals surface area contributed by atoms with Crippen LogP contribution in [0.4, 0.5) is 0 Å². The van der Waals surface area contributed by atoms with Crippen LogP contribution in [0.3, 0.4) is 0 Å². The lowest BCUT2D eigenvalue weighted by molar-refractivity contribution is -0.312. The van der Waals surface area contributed by atoms with Gasteiger partial charge < -0.3 is 18.9 Å². The van der Waals surface area contributed by atoms with Gasteiger partial charge in [0.05, 0.1) is 0 Å². The largest absolute Gasteiger partial charge is 0.456 e. The molecule has 0 N–H and O–H groups in total. The first-order valence-corrected chi connectivity index (χ1v) is 7.09. The Morgan fingerprint density at radius 2 is 1.26 bits per heavy atom. The quantitative estimate of drug-likeness (QED) is 0.522. The monoisotopic (exact) mass is 332 g/mol. The smallest absolute Gasteiger partial charge is 0.307 e. The predicted octanol–water partition coefficient (Wildman–Crippen LogP) is 0.439. The molecule has 1 rings (SSSR count). The summed E-state index contributed by atoms with van der Waals surface area (Å²) in [6.07, 6.45) is -4.46. The summed E-state index contributed by atoms with van der Waals surface area (Å²) in [5.74, 6) is -2.50. The van der Waals surface area contributed by atoms with Gasteiger partial charge in [0.15, 0.2) is 12.2 Å². The van der Waals surface area contributed by atoms with Gasteiger partial charge in [0, 0.05) is 33.6 Å². The van der Waals surface area contributed by atoms with E-state index in [2.05, 4.69) is 0 Å². The van der Waals surface area contributed by atoms with Crippen LogP contribution in [0.25, 0.3) is 0 Å². The fraction of sp³-hybridized carbons (Fsp3) is 0.714. The number of hydrogen-bond donors (Lipinski definition) is 0. The van der Waals surface area contributed by atoms with Gasteiger partial charge in [-0.1, -0.05) is 6.92 Å². The van der Waals surface area contributed by atoms with Crippen LogP contribution < -0.4 is 0 Å². The van der Waals surface area contributed by atoms with Crippen molar-refractivity contribution in [3.05, 3.63) is 0 Å². The van der Waals surface area contributed by atoms with Gasteiger partial charge >= 0.3 is 23.9 Å². The van der Waals surface area contributed by atoms with E-state index in [0.717, 1.165) is 6.92 Å². The third-order valence-corrected chi connectivity index (χ3v) is 2.79. The third kappa shape index (κ3) is 6.23. The third-order valence-electron chi connectivity index (χ3n) is 2.79. The van der Waals surface area contributed by atoms with Crippen LogP contribution in [0, 0.1) is 0 Å². The van der Waals surface area contributed by atoms with Gasteiger partial charge in [0.1, 0.15) is 0 Å². The molecule has 1 saturated heterocycles. The topological polar surface area (TPSA) is 114 Å². The minimum Gasteiger partial charge on any atom is -0.456 e. The minimum atomic E-state index is -1.27. The summed E-state index contributed by atoms with van der Waals surface area (Å²) in [6.45, 7) is 5.09. The molecule has 0 radical (unpaired) electrons. The van der Waals surface area contributed by atoms with Gasteiger partial charge in [-0.2, -0.15) is 0 Å². The fourth-order valence-corrected chi connectivity index (χ4v) is 1.98. The van der Waals surface area contributed by atoms with Crippen molar-refractivity contribution in [3.8, 4) is 0 Å². The molecule has 0 spiro atoms. The molecule has 1 heterocycles. The molecular weight excluding hydrogens is 312 g/mol. The molecule has 0 aromatic heterocycles. The predicted molar refractivity (Wildman–Crippen MR) is 72.5 cm³/mol. The second kappa shape index (κ2) is 8.47. The molecule has 1 aliphatic rings. The van der Waals surface area contributed by atoms with Gasteiger partial charge in [-0.3, -0.25) is 23.9 Å². The van der Waals surface area contributed by atoms with Crippen molar-refractivity contribution in [1.29, 1.82) is 0 Å². The van der Waals surface area contributed by atoms with E-state index in [1.54, 1.807) is 6.92 Å². The molecule has 9 nitrogen and oxygen atoms in total. The molecule has 1 aliphatic heterocycles. The number of carbonyl (C=O) groups excluding carboxylic acids is 4. The van der Waals surface area contributed by atoms with E-state index in [0.29, 0.717) is 0 Å². The Balaban J connectivity index is 2.94. The van der Waals surface area contributed by atoms with Crippen molar-refractivity contribution < 1.29 is 42.9 Å². The molecule has 23 heavy (non-hydrogen) atoms. The number of carbonyl (C=O) groups is 4. The standard InChI is InChI=1S/C14H20O9/c1-5-12(18)22-14-11(20-8(3)16)6-10(19-7(2)15)13(23-14)21-9(4)17/h10-11,13-14H,5-6H2,1-4H3/t10-,11-,13?,14+/m1/s1.